The predicted molar refractivity (Wildman–Crippen MR) is 353 cm³/mol. The van der Waals surface area contributed by atoms with E-state index in [2.05, 4.69) is 91.3 Å². The fourth-order valence-corrected chi connectivity index (χ4v) is 9.66. The van der Waals surface area contributed by atoms with Crippen molar-refractivity contribution in [2.75, 3.05) is 59.3 Å². The van der Waals surface area contributed by atoms with Crippen molar-refractivity contribution >= 4 is 97.8 Å². The van der Waals surface area contributed by atoms with Gasteiger partial charge in [0.25, 0.3) is 0 Å². The van der Waals surface area contributed by atoms with Gasteiger partial charge in [-0.1, -0.05) is 36.4 Å². The molecule has 1 fully saturated rings. The molecule has 1 saturated heterocycles. The minimum absolute atomic E-state index is 0.440. The number of hydrogen-bond donors (Lipinski definition) is 4. The molecule has 4 aromatic carbocycles. The fourth-order valence-electron chi connectivity index (χ4n) is 9.28. The molecule has 22 nitrogen and oxygen atoms in total. The normalized spacial score (nSPS) is 13.4. The van der Waals surface area contributed by atoms with E-state index in [9.17, 15) is 9.59 Å². The number of imidazole rings is 2. The number of nitrogens with one attached hydrogen (secondary N) is 4. The Balaban J connectivity index is 0.000000166. The van der Waals surface area contributed by atoms with Gasteiger partial charge in [-0.3, -0.25) is 28.8 Å². The SMILES string of the molecule is CN(C)c1cccc(Nc2nccn3c(-c4cn(C)nc4-c4cccc(NC(=O)OC(C)(C)C)c4)cnc23)c1.CN(C)c1cccc(Nc2nccn3c(Br)cnc23)c1.Cn1cc(B2OC(C)(C)C(C)(C)O2)c(-c2cccc(NC(=O)OC(C)(C)C)c2)n1. The van der Waals surface area contributed by atoms with Gasteiger partial charge in [0.1, 0.15) is 21.5 Å². The van der Waals surface area contributed by atoms with E-state index in [1.165, 1.54) is 0 Å². The van der Waals surface area contributed by atoms with E-state index in [1.54, 1.807) is 28.0 Å². The Bertz CT molecular complexity index is 4100. The Morgan fingerprint density at radius 1 is 0.580 bits per heavy atom. The molecule has 7 heterocycles. The third-order valence-corrected chi connectivity index (χ3v) is 14.7. The summed E-state index contributed by atoms with van der Waals surface area (Å²) in [7, 11) is 11.3. The van der Waals surface area contributed by atoms with Gasteiger partial charge >= 0.3 is 19.3 Å². The summed E-state index contributed by atoms with van der Waals surface area (Å²) in [6, 6.07) is 31.3. The minimum atomic E-state index is -0.587. The second-order valence-electron chi connectivity index (χ2n) is 24.5. The summed E-state index contributed by atoms with van der Waals surface area (Å²) in [4.78, 5) is 46.5. The number of aryl methyl sites for hydroxylation is 2. The van der Waals surface area contributed by atoms with Crippen molar-refractivity contribution in [3.8, 4) is 33.8 Å². The van der Waals surface area contributed by atoms with Crippen LogP contribution >= 0.6 is 15.9 Å². The highest BCUT2D eigenvalue weighted by atomic mass is 79.9. The molecule has 1 aliphatic heterocycles. The molecule has 0 spiro atoms. The minimum Gasteiger partial charge on any atom is -0.444 e. The number of nitrogens with zero attached hydrogens (tertiary/aromatic N) is 12. The lowest BCUT2D eigenvalue weighted by Gasteiger charge is -2.32. The Hall–Kier alpha value is -9.26. The van der Waals surface area contributed by atoms with Gasteiger partial charge < -0.3 is 39.2 Å². The van der Waals surface area contributed by atoms with E-state index < -0.39 is 41.7 Å². The summed E-state index contributed by atoms with van der Waals surface area (Å²) < 4.78 is 31.5. The number of hydrogen-bond acceptors (Lipinski definition) is 16. The number of amides is 2. The molecule has 2 amide bonds. The average molecular weight is 1260 g/mol. The summed E-state index contributed by atoms with van der Waals surface area (Å²) in [5, 5.41) is 21.6. The Morgan fingerprint density at radius 2 is 1.02 bits per heavy atom. The maximum absolute atomic E-state index is 12.3. The number of anilines is 8. The molecular formula is C64H76BBrN16O6. The number of carbonyl (C=O) groups is 2. The summed E-state index contributed by atoms with van der Waals surface area (Å²) in [6.45, 7) is 19.1. The summed E-state index contributed by atoms with van der Waals surface area (Å²) in [6.07, 6.45) is 13.7. The van der Waals surface area contributed by atoms with E-state index >= 15 is 0 Å². The zero-order chi connectivity index (χ0) is 63.5. The van der Waals surface area contributed by atoms with Crippen LogP contribution in [0.25, 0.3) is 45.1 Å². The van der Waals surface area contributed by atoms with E-state index in [0.717, 1.165) is 78.1 Å². The molecule has 458 valence electrons. The van der Waals surface area contributed by atoms with Crippen LogP contribution in [-0.2, 0) is 32.9 Å². The lowest BCUT2D eigenvalue weighted by molar-refractivity contribution is 0.00578. The molecule has 0 aliphatic carbocycles. The molecule has 0 radical (unpaired) electrons. The number of aromatic nitrogens is 10. The molecule has 0 atom stereocenters. The van der Waals surface area contributed by atoms with Crippen molar-refractivity contribution in [2.24, 2.45) is 14.1 Å². The number of carbonyl (C=O) groups excluding carboxylic acids is 2. The molecular weight excluding hydrogens is 1180 g/mol. The van der Waals surface area contributed by atoms with Crippen LogP contribution in [0.4, 0.5) is 55.3 Å². The van der Waals surface area contributed by atoms with E-state index in [4.69, 9.17) is 28.9 Å². The van der Waals surface area contributed by atoms with E-state index in [0.29, 0.717) is 22.8 Å². The van der Waals surface area contributed by atoms with Gasteiger partial charge in [-0.15, -0.1) is 0 Å². The highest BCUT2D eigenvalue weighted by molar-refractivity contribution is 9.10. The van der Waals surface area contributed by atoms with Gasteiger partial charge in [0, 0.05) is 136 Å². The first-order valence-electron chi connectivity index (χ1n) is 28.5. The first-order valence-corrected chi connectivity index (χ1v) is 29.3. The third kappa shape index (κ3) is 15.3. The van der Waals surface area contributed by atoms with Gasteiger partial charge in [0.2, 0.25) is 0 Å². The Labute approximate surface area is 521 Å². The van der Waals surface area contributed by atoms with Crippen LogP contribution in [0, 0.1) is 0 Å². The lowest BCUT2D eigenvalue weighted by Crippen LogP contribution is -2.41. The van der Waals surface area contributed by atoms with Crippen molar-refractivity contribution in [1.29, 1.82) is 0 Å². The van der Waals surface area contributed by atoms with Crippen molar-refractivity contribution in [3.63, 3.8) is 0 Å². The molecule has 11 rings (SSSR count). The smallest absolute Gasteiger partial charge is 0.444 e. The van der Waals surface area contributed by atoms with Crippen LogP contribution < -0.4 is 36.5 Å². The summed E-state index contributed by atoms with van der Waals surface area (Å²) in [5.74, 6) is 1.38. The number of rotatable bonds is 12. The Morgan fingerprint density at radius 3 is 1.53 bits per heavy atom. The molecule has 6 aromatic heterocycles. The average Bonchev–Trinajstić information content (AvgIpc) is 3.94. The lowest BCUT2D eigenvalue weighted by atomic mass is 9.78. The van der Waals surface area contributed by atoms with Crippen molar-refractivity contribution < 1.29 is 28.4 Å². The molecule has 1 aliphatic rings. The maximum atomic E-state index is 12.3. The van der Waals surface area contributed by atoms with Crippen LogP contribution in [0.1, 0.15) is 69.2 Å². The first-order chi connectivity index (χ1) is 41.5. The van der Waals surface area contributed by atoms with Crippen LogP contribution in [0.5, 0.6) is 0 Å². The zero-order valence-electron chi connectivity index (χ0n) is 52.6. The Kier molecular flexibility index (Phi) is 18.4. The molecule has 0 saturated carbocycles. The maximum Gasteiger partial charge on any atom is 0.498 e. The molecule has 24 heteroatoms. The molecule has 0 unspecified atom stereocenters. The van der Waals surface area contributed by atoms with Crippen molar-refractivity contribution in [2.45, 2.75) is 91.6 Å². The molecule has 10 aromatic rings. The monoisotopic (exact) mass is 1250 g/mol. The van der Waals surface area contributed by atoms with Gasteiger partial charge in [0.05, 0.1) is 35.0 Å². The highest BCUT2D eigenvalue weighted by Gasteiger charge is 2.53. The quantitative estimate of drug-likeness (QED) is 0.0835. The molecule has 0 bridgehead atoms. The van der Waals surface area contributed by atoms with Gasteiger partial charge in [0.15, 0.2) is 22.9 Å². The highest BCUT2D eigenvalue weighted by Crippen LogP contribution is 2.38. The van der Waals surface area contributed by atoms with E-state index in [1.807, 2.05) is 224 Å². The van der Waals surface area contributed by atoms with Crippen LogP contribution in [0.3, 0.4) is 0 Å². The number of halogens is 1. The third-order valence-electron chi connectivity index (χ3n) is 14.1. The first kappa shape index (κ1) is 63.3. The number of benzene rings is 4. The van der Waals surface area contributed by atoms with Gasteiger partial charge in [-0.2, -0.15) is 10.2 Å². The van der Waals surface area contributed by atoms with Crippen LogP contribution in [0.2, 0.25) is 0 Å². The largest absolute Gasteiger partial charge is 0.498 e. The fraction of sp³-hybridized carbons (Fsp3) is 0.312. The van der Waals surface area contributed by atoms with Gasteiger partial charge in [-0.25, -0.2) is 29.5 Å². The zero-order valence-corrected chi connectivity index (χ0v) is 54.2. The summed E-state index contributed by atoms with van der Waals surface area (Å²) in [5.41, 5.74) is 10.6. The van der Waals surface area contributed by atoms with Crippen LogP contribution in [-0.4, -0.2) is 118 Å². The topological polar surface area (TPSA) is 222 Å². The van der Waals surface area contributed by atoms with E-state index in [-0.39, 0.29) is 0 Å². The standard InChI is InChI=1S/C29H32N8O2.C21H30BN3O4.C14H14BrN5/c1-29(2,3)39-28(38)33-20-10-7-9-19(15-20)25-23(18-36(6)34-25)24-17-31-27-26(30-13-14-37(24)27)32-21-11-8-12-22(16-21)35(4)5;1-19(2,3)27-18(26)23-15-11-9-10-14(12-15)17-16(13-25(8)24-17)22-28-20(4,5)21(6,7)29-22;1-19(2)11-5-3-4-10(8-11)18-13-14-17-9-12(15)20(14)7-6-16-13/h7-18H,1-6H3,(H,30,32)(H,33,38);9-13H,1-8H3,(H,23,26);3-9H,1-2H3,(H,16,18). The van der Waals surface area contributed by atoms with Gasteiger partial charge in [-0.05, 0) is 146 Å². The van der Waals surface area contributed by atoms with Crippen molar-refractivity contribution in [1.82, 2.24) is 48.3 Å². The van der Waals surface area contributed by atoms with Crippen LogP contribution in [0.15, 0.2) is 151 Å². The second kappa shape index (κ2) is 25.6. The number of ether oxygens (including phenoxy) is 2. The van der Waals surface area contributed by atoms with Crippen molar-refractivity contribution in [3.05, 3.63) is 151 Å². The molecule has 88 heavy (non-hydrogen) atoms. The predicted octanol–water partition coefficient (Wildman–Crippen LogP) is 13.0. The molecule has 4 N–H and O–H groups in total. The number of fused-ring (bicyclic) bond motifs is 2. The summed E-state index contributed by atoms with van der Waals surface area (Å²) >= 11 is 3.46. The second-order valence-corrected chi connectivity index (χ2v) is 25.3.